The molecule has 1 heterocycles. The summed E-state index contributed by atoms with van der Waals surface area (Å²) >= 11 is 0. The molecule has 0 saturated carbocycles. The minimum absolute atomic E-state index is 0.0199. The molecule has 0 spiro atoms. The van der Waals surface area contributed by atoms with Gasteiger partial charge in [-0.3, -0.25) is 4.79 Å². The standard InChI is InChI=1S/C10H16N4O3S/c1-3-18(16,17)13-7-6-12-10(15)9-4-5-11-8(2)14-9/h4-5,13H,3,6-7H2,1-2H3,(H,12,15). The normalized spacial score (nSPS) is 11.2. The molecule has 1 amide bonds. The van der Waals surface area contributed by atoms with Crippen molar-refractivity contribution in [1.82, 2.24) is 20.0 Å². The van der Waals surface area contributed by atoms with Crippen molar-refractivity contribution in [3.8, 4) is 0 Å². The SMILES string of the molecule is CCS(=O)(=O)NCCNC(=O)c1ccnc(C)n1. The van der Waals surface area contributed by atoms with Gasteiger partial charge in [-0.15, -0.1) is 0 Å². The molecule has 7 nitrogen and oxygen atoms in total. The van der Waals surface area contributed by atoms with Gasteiger partial charge in [0.1, 0.15) is 11.5 Å². The van der Waals surface area contributed by atoms with Gasteiger partial charge in [0.05, 0.1) is 5.75 Å². The molecule has 0 aliphatic heterocycles. The van der Waals surface area contributed by atoms with Crippen molar-refractivity contribution in [2.24, 2.45) is 0 Å². The molecule has 8 heteroatoms. The lowest BCUT2D eigenvalue weighted by Gasteiger charge is -2.06. The van der Waals surface area contributed by atoms with Crippen LogP contribution < -0.4 is 10.0 Å². The van der Waals surface area contributed by atoms with Crippen LogP contribution >= 0.6 is 0 Å². The third-order valence-corrected chi connectivity index (χ3v) is 3.53. The maximum atomic E-state index is 11.6. The zero-order valence-corrected chi connectivity index (χ0v) is 11.1. The Hall–Kier alpha value is -1.54. The van der Waals surface area contributed by atoms with Crippen LogP contribution in [-0.4, -0.2) is 43.1 Å². The summed E-state index contributed by atoms with van der Waals surface area (Å²) in [4.78, 5) is 19.4. The quantitative estimate of drug-likeness (QED) is 0.677. The molecule has 0 aliphatic carbocycles. The van der Waals surface area contributed by atoms with Gasteiger partial charge in [-0.25, -0.2) is 23.1 Å². The molecule has 100 valence electrons. The lowest BCUT2D eigenvalue weighted by atomic mass is 10.3. The van der Waals surface area contributed by atoms with Crippen LogP contribution in [0.25, 0.3) is 0 Å². The van der Waals surface area contributed by atoms with Gasteiger partial charge < -0.3 is 5.32 Å². The first kappa shape index (κ1) is 14.5. The van der Waals surface area contributed by atoms with Gasteiger partial charge in [-0.05, 0) is 19.9 Å². The van der Waals surface area contributed by atoms with Crippen molar-refractivity contribution in [2.45, 2.75) is 13.8 Å². The van der Waals surface area contributed by atoms with E-state index in [1.807, 2.05) is 0 Å². The van der Waals surface area contributed by atoms with Crippen molar-refractivity contribution in [3.63, 3.8) is 0 Å². The van der Waals surface area contributed by atoms with Crippen molar-refractivity contribution >= 4 is 15.9 Å². The highest BCUT2D eigenvalue weighted by Gasteiger charge is 2.08. The van der Waals surface area contributed by atoms with E-state index in [1.54, 1.807) is 13.8 Å². The molecule has 0 unspecified atom stereocenters. The molecular formula is C10H16N4O3S. The molecule has 2 N–H and O–H groups in total. The molecule has 0 atom stereocenters. The second kappa shape index (κ2) is 6.41. The average Bonchev–Trinajstić information content (AvgIpc) is 2.34. The first-order valence-corrected chi connectivity index (χ1v) is 7.15. The van der Waals surface area contributed by atoms with Crippen LogP contribution in [0.4, 0.5) is 0 Å². The van der Waals surface area contributed by atoms with Crippen LogP contribution in [0.3, 0.4) is 0 Å². The molecule has 0 aromatic carbocycles. The minimum atomic E-state index is -3.22. The van der Waals surface area contributed by atoms with Crippen LogP contribution in [-0.2, 0) is 10.0 Å². The van der Waals surface area contributed by atoms with Gasteiger partial charge in [0.15, 0.2) is 0 Å². The number of aromatic nitrogens is 2. The molecule has 0 aliphatic rings. The van der Waals surface area contributed by atoms with E-state index in [0.717, 1.165) is 0 Å². The molecule has 1 aromatic rings. The van der Waals surface area contributed by atoms with Crippen LogP contribution in [0.1, 0.15) is 23.2 Å². The second-order valence-electron chi connectivity index (χ2n) is 3.54. The average molecular weight is 272 g/mol. The van der Waals surface area contributed by atoms with Crippen molar-refractivity contribution in [2.75, 3.05) is 18.8 Å². The summed E-state index contributed by atoms with van der Waals surface area (Å²) in [6.07, 6.45) is 1.50. The summed E-state index contributed by atoms with van der Waals surface area (Å²) in [5.41, 5.74) is 0.265. The Morgan fingerprint density at radius 1 is 1.39 bits per heavy atom. The fourth-order valence-corrected chi connectivity index (χ4v) is 1.78. The van der Waals surface area contributed by atoms with E-state index in [4.69, 9.17) is 0 Å². The smallest absolute Gasteiger partial charge is 0.270 e. The number of amides is 1. The first-order valence-electron chi connectivity index (χ1n) is 5.50. The molecule has 0 radical (unpaired) electrons. The lowest BCUT2D eigenvalue weighted by molar-refractivity contribution is 0.0949. The van der Waals surface area contributed by atoms with Crippen molar-refractivity contribution < 1.29 is 13.2 Å². The van der Waals surface area contributed by atoms with Gasteiger partial charge in [-0.2, -0.15) is 0 Å². The fourth-order valence-electron chi connectivity index (χ4n) is 1.16. The van der Waals surface area contributed by atoms with E-state index in [9.17, 15) is 13.2 Å². The van der Waals surface area contributed by atoms with Gasteiger partial charge in [0, 0.05) is 19.3 Å². The van der Waals surface area contributed by atoms with Crippen LogP contribution in [0.15, 0.2) is 12.3 Å². The number of hydrogen-bond acceptors (Lipinski definition) is 5. The number of nitrogens with one attached hydrogen (secondary N) is 2. The summed E-state index contributed by atoms with van der Waals surface area (Å²) in [5.74, 6) is 0.178. The van der Waals surface area contributed by atoms with E-state index >= 15 is 0 Å². The summed E-state index contributed by atoms with van der Waals surface area (Å²) < 4.78 is 24.6. The first-order chi connectivity index (χ1) is 8.44. The maximum absolute atomic E-state index is 11.6. The van der Waals surface area contributed by atoms with E-state index in [0.29, 0.717) is 5.82 Å². The zero-order valence-electron chi connectivity index (χ0n) is 10.3. The van der Waals surface area contributed by atoms with Crippen LogP contribution in [0.2, 0.25) is 0 Å². The number of nitrogens with zero attached hydrogens (tertiary/aromatic N) is 2. The predicted molar refractivity (Wildman–Crippen MR) is 66.6 cm³/mol. The van der Waals surface area contributed by atoms with Gasteiger partial charge in [0.2, 0.25) is 10.0 Å². The van der Waals surface area contributed by atoms with E-state index in [1.165, 1.54) is 12.3 Å². The number of rotatable bonds is 6. The second-order valence-corrected chi connectivity index (χ2v) is 5.64. The minimum Gasteiger partial charge on any atom is -0.349 e. The number of sulfonamides is 1. The lowest BCUT2D eigenvalue weighted by Crippen LogP contribution is -2.35. The molecule has 18 heavy (non-hydrogen) atoms. The highest BCUT2D eigenvalue weighted by atomic mass is 32.2. The van der Waals surface area contributed by atoms with Crippen molar-refractivity contribution in [1.29, 1.82) is 0 Å². The van der Waals surface area contributed by atoms with Crippen LogP contribution in [0, 0.1) is 6.92 Å². The predicted octanol–water partition coefficient (Wildman–Crippen LogP) is -0.546. The highest BCUT2D eigenvalue weighted by molar-refractivity contribution is 7.89. The summed E-state index contributed by atoms with van der Waals surface area (Å²) in [5, 5.41) is 2.57. The monoisotopic (exact) mass is 272 g/mol. The van der Waals surface area contributed by atoms with E-state index in [-0.39, 0.29) is 30.4 Å². The zero-order chi connectivity index (χ0) is 13.6. The number of carbonyl (C=O) groups excluding carboxylic acids is 1. The Morgan fingerprint density at radius 2 is 2.11 bits per heavy atom. The van der Waals surface area contributed by atoms with Crippen LogP contribution in [0.5, 0.6) is 0 Å². The molecular weight excluding hydrogens is 256 g/mol. The summed E-state index contributed by atoms with van der Waals surface area (Å²) in [7, 11) is -3.22. The Morgan fingerprint density at radius 3 is 2.72 bits per heavy atom. The molecule has 0 saturated heterocycles. The Kier molecular flexibility index (Phi) is 5.17. The molecule has 0 fully saturated rings. The number of aryl methyl sites for hydroxylation is 1. The molecule has 0 bridgehead atoms. The number of carbonyl (C=O) groups is 1. The van der Waals surface area contributed by atoms with E-state index in [2.05, 4.69) is 20.0 Å². The third-order valence-electron chi connectivity index (χ3n) is 2.12. The van der Waals surface area contributed by atoms with Gasteiger partial charge in [0.25, 0.3) is 5.91 Å². The maximum Gasteiger partial charge on any atom is 0.270 e. The summed E-state index contributed by atoms with van der Waals surface area (Å²) in [6.45, 7) is 3.60. The molecule has 1 aromatic heterocycles. The Labute approximate surface area is 106 Å². The van der Waals surface area contributed by atoms with Gasteiger partial charge in [-0.1, -0.05) is 0 Å². The molecule has 1 rings (SSSR count). The summed E-state index contributed by atoms with van der Waals surface area (Å²) in [6, 6.07) is 1.50. The van der Waals surface area contributed by atoms with E-state index < -0.39 is 10.0 Å². The Bertz CT molecular complexity index is 516. The largest absolute Gasteiger partial charge is 0.349 e. The highest BCUT2D eigenvalue weighted by Crippen LogP contribution is 1.93. The number of hydrogen-bond donors (Lipinski definition) is 2. The third kappa shape index (κ3) is 4.76. The van der Waals surface area contributed by atoms with Crippen molar-refractivity contribution in [3.05, 3.63) is 23.8 Å². The van der Waals surface area contributed by atoms with Gasteiger partial charge >= 0.3 is 0 Å². The Balaban J connectivity index is 2.39. The fraction of sp³-hybridized carbons (Fsp3) is 0.500. The topological polar surface area (TPSA) is 101 Å².